The summed E-state index contributed by atoms with van der Waals surface area (Å²) in [6.45, 7) is 6.14. The fraction of sp³-hybridized carbons (Fsp3) is 0.391. The Morgan fingerprint density at radius 1 is 1.06 bits per heavy atom. The monoisotopic (exact) mass is 486 g/mol. The number of sulfonamides is 1. The lowest BCUT2D eigenvalue weighted by Gasteiger charge is -2.35. The molecule has 0 N–H and O–H groups in total. The van der Waals surface area contributed by atoms with E-state index in [9.17, 15) is 18.0 Å². The highest BCUT2D eigenvalue weighted by atomic mass is 32.2. The summed E-state index contributed by atoms with van der Waals surface area (Å²) in [7, 11) is -3.62. The molecular formula is C23H26N4O6S. The van der Waals surface area contributed by atoms with Gasteiger partial charge in [0.05, 0.1) is 21.5 Å². The predicted octanol–water partition coefficient (Wildman–Crippen LogP) is 2.42. The number of piperazine rings is 1. The average Bonchev–Trinajstić information content (AvgIpc) is 3.28. The number of fused-ring (bicyclic) bond motifs is 1. The molecule has 1 fully saturated rings. The van der Waals surface area contributed by atoms with Crippen LogP contribution < -0.4 is 0 Å². The van der Waals surface area contributed by atoms with Crippen molar-refractivity contribution in [2.24, 2.45) is 0 Å². The lowest BCUT2D eigenvalue weighted by atomic mass is 10.1. The summed E-state index contributed by atoms with van der Waals surface area (Å²) < 4.78 is 37.5. The van der Waals surface area contributed by atoms with Crippen molar-refractivity contribution in [2.75, 3.05) is 26.2 Å². The van der Waals surface area contributed by atoms with E-state index in [4.69, 9.17) is 9.26 Å². The van der Waals surface area contributed by atoms with Crippen LogP contribution >= 0.6 is 0 Å². The van der Waals surface area contributed by atoms with E-state index in [1.807, 2.05) is 13.8 Å². The maximum atomic E-state index is 12.8. The number of nitrogens with zero attached hydrogens (tertiary/aromatic N) is 4. The summed E-state index contributed by atoms with van der Waals surface area (Å²) in [6, 6.07) is 9.78. The Labute approximate surface area is 197 Å². The first-order chi connectivity index (χ1) is 16.2. The summed E-state index contributed by atoms with van der Waals surface area (Å²) in [5.74, 6) is -0.984. The minimum atomic E-state index is -3.62. The van der Waals surface area contributed by atoms with E-state index in [0.717, 1.165) is 0 Å². The molecule has 1 atom stereocenters. The van der Waals surface area contributed by atoms with Gasteiger partial charge in [-0.05, 0) is 31.0 Å². The van der Waals surface area contributed by atoms with Gasteiger partial charge in [-0.1, -0.05) is 37.2 Å². The van der Waals surface area contributed by atoms with Crippen LogP contribution in [0.1, 0.15) is 42.7 Å². The van der Waals surface area contributed by atoms with Gasteiger partial charge in [0.25, 0.3) is 11.6 Å². The first-order valence-corrected chi connectivity index (χ1v) is 12.4. The second-order valence-corrected chi connectivity index (χ2v) is 10.3. The topological polar surface area (TPSA) is 123 Å². The summed E-state index contributed by atoms with van der Waals surface area (Å²) in [5, 5.41) is 4.62. The molecule has 0 saturated carbocycles. The number of esters is 1. The number of pyridine rings is 1. The van der Waals surface area contributed by atoms with Crippen LogP contribution in [-0.4, -0.2) is 71.9 Å². The molecule has 3 heterocycles. The molecule has 4 rings (SSSR count). The molecule has 34 heavy (non-hydrogen) atoms. The highest BCUT2D eigenvalue weighted by Gasteiger charge is 2.32. The van der Waals surface area contributed by atoms with Gasteiger partial charge in [0, 0.05) is 32.4 Å². The van der Waals surface area contributed by atoms with Crippen LogP contribution in [0.2, 0.25) is 0 Å². The molecule has 11 heteroatoms. The van der Waals surface area contributed by atoms with Crippen molar-refractivity contribution >= 4 is 33.0 Å². The molecular weight excluding hydrogens is 460 g/mol. The Bertz CT molecular complexity index is 1300. The third-order valence-corrected chi connectivity index (χ3v) is 7.62. The zero-order valence-corrected chi connectivity index (χ0v) is 20.0. The molecule has 1 amide bonds. The Balaban J connectivity index is 1.37. The molecule has 3 aromatic rings. The Morgan fingerprint density at radius 2 is 1.74 bits per heavy atom. The number of rotatable bonds is 6. The van der Waals surface area contributed by atoms with E-state index < -0.39 is 22.1 Å². The second-order valence-electron chi connectivity index (χ2n) is 8.39. The minimum Gasteiger partial charge on any atom is -0.449 e. The van der Waals surface area contributed by atoms with Crippen LogP contribution in [0.25, 0.3) is 11.1 Å². The average molecular weight is 487 g/mol. The molecule has 0 unspecified atom stereocenters. The van der Waals surface area contributed by atoms with Gasteiger partial charge >= 0.3 is 5.97 Å². The van der Waals surface area contributed by atoms with Gasteiger partial charge in [0.15, 0.2) is 6.10 Å². The van der Waals surface area contributed by atoms with E-state index in [0.29, 0.717) is 16.8 Å². The van der Waals surface area contributed by atoms with Crippen LogP contribution in [0, 0.1) is 0 Å². The maximum absolute atomic E-state index is 12.8. The number of carbonyl (C=O) groups excluding carboxylic acids is 2. The normalized spacial score (nSPS) is 16.1. The van der Waals surface area contributed by atoms with Crippen molar-refractivity contribution in [3.63, 3.8) is 0 Å². The van der Waals surface area contributed by atoms with Crippen molar-refractivity contribution in [1.82, 2.24) is 19.3 Å². The van der Waals surface area contributed by atoms with Crippen molar-refractivity contribution in [3.8, 4) is 0 Å². The van der Waals surface area contributed by atoms with Gasteiger partial charge in [-0.25, -0.2) is 18.2 Å². The number of carbonyl (C=O) groups is 2. The number of benzene rings is 1. The van der Waals surface area contributed by atoms with E-state index in [2.05, 4.69) is 10.1 Å². The van der Waals surface area contributed by atoms with Crippen LogP contribution in [0.3, 0.4) is 0 Å². The largest absolute Gasteiger partial charge is 0.449 e. The van der Waals surface area contributed by atoms with E-state index in [1.54, 1.807) is 36.4 Å². The van der Waals surface area contributed by atoms with Crippen molar-refractivity contribution in [2.45, 2.75) is 37.7 Å². The highest BCUT2D eigenvalue weighted by molar-refractivity contribution is 7.89. The molecule has 1 aliphatic rings. The van der Waals surface area contributed by atoms with Gasteiger partial charge in [0.1, 0.15) is 0 Å². The summed E-state index contributed by atoms with van der Waals surface area (Å²) in [5.41, 5.74) is 1.20. The molecule has 0 spiro atoms. The third kappa shape index (κ3) is 4.66. The number of hydrogen-bond acceptors (Lipinski definition) is 8. The SMILES string of the molecule is CC(C)c1noc2ncc(C(=O)O[C@H](C)C(=O)N3CCN(S(=O)(=O)c4ccccc4)CC3)cc12. The summed E-state index contributed by atoms with van der Waals surface area (Å²) >= 11 is 0. The standard InChI is InChI=1S/C23H26N4O6S/c1-15(2)20-19-13-17(14-24-21(19)33-25-20)23(29)32-16(3)22(28)26-9-11-27(12-10-26)34(30,31)18-7-5-4-6-8-18/h4-8,13-16H,9-12H2,1-3H3/t16-/m1/s1. The Kier molecular flexibility index (Phi) is 6.67. The van der Waals surface area contributed by atoms with Gasteiger partial charge in [0.2, 0.25) is 10.0 Å². The number of hydrogen-bond donors (Lipinski definition) is 0. The van der Waals surface area contributed by atoms with Crippen molar-refractivity contribution < 1.29 is 27.3 Å². The second kappa shape index (κ2) is 9.51. The van der Waals surface area contributed by atoms with Gasteiger partial charge in [-0.2, -0.15) is 4.31 Å². The summed E-state index contributed by atoms with van der Waals surface area (Å²) in [4.78, 5) is 31.3. The van der Waals surface area contributed by atoms with Crippen LogP contribution in [0.15, 0.2) is 52.0 Å². The molecule has 10 nitrogen and oxygen atoms in total. The van der Waals surface area contributed by atoms with E-state index in [1.165, 1.54) is 22.3 Å². The zero-order valence-electron chi connectivity index (χ0n) is 19.2. The third-order valence-electron chi connectivity index (χ3n) is 5.70. The quantitative estimate of drug-likeness (QED) is 0.487. The lowest BCUT2D eigenvalue weighted by Crippen LogP contribution is -2.52. The molecule has 0 aliphatic carbocycles. The molecule has 0 bridgehead atoms. The highest BCUT2D eigenvalue weighted by Crippen LogP contribution is 2.24. The number of ether oxygens (including phenoxy) is 1. The first-order valence-electron chi connectivity index (χ1n) is 11.0. The summed E-state index contributed by atoms with van der Waals surface area (Å²) in [6.07, 6.45) is 0.289. The fourth-order valence-corrected chi connectivity index (χ4v) is 5.25. The smallest absolute Gasteiger partial charge is 0.340 e. The Morgan fingerprint density at radius 3 is 2.38 bits per heavy atom. The molecule has 1 saturated heterocycles. The van der Waals surface area contributed by atoms with Gasteiger partial charge < -0.3 is 14.2 Å². The zero-order chi connectivity index (χ0) is 24.5. The molecule has 2 aromatic heterocycles. The molecule has 1 aromatic carbocycles. The van der Waals surface area contributed by atoms with Crippen molar-refractivity contribution in [3.05, 3.63) is 53.9 Å². The number of amides is 1. The molecule has 0 radical (unpaired) electrons. The first kappa shape index (κ1) is 23.8. The van der Waals surface area contributed by atoms with E-state index >= 15 is 0 Å². The Hall–Kier alpha value is -3.31. The van der Waals surface area contributed by atoms with Crippen LogP contribution in [-0.2, 0) is 19.6 Å². The van der Waals surface area contributed by atoms with E-state index in [-0.39, 0.29) is 48.5 Å². The maximum Gasteiger partial charge on any atom is 0.340 e. The molecule has 180 valence electrons. The van der Waals surface area contributed by atoms with Gasteiger partial charge in [-0.15, -0.1) is 0 Å². The lowest BCUT2D eigenvalue weighted by molar-refractivity contribution is -0.141. The molecule has 1 aliphatic heterocycles. The minimum absolute atomic E-state index is 0.0826. The predicted molar refractivity (Wildman–Crippen MR) is 123 cm³/mol. The number of aromatic nitrogens is 2. The van der Waals surface area contributed by atoms with Crippen molar-refractivity contribution in [1.29, 1.82) is 0 Å². The van der Waals surface area contributed by atoms with Crippen LogP contribution in [0.5, 0.6) is 0 Å². The van der Waals surface area contributed by atoms with Gasteiger partial charge in [-0.3, -0.25) is 4.79 Å². The van der Waals surface area contributed by atoms with Crippen LogP contribution in [0.4, 0.5) is 0 Å². The fourth-order valence-electron chi connectivity index (χ4n) is 3.80.